The van der Waals surface area contributed by atoms with Crippen molar-refractivity contribution >= 4 is 22.5 Å². The standard InChI is InChI=1S/C19H21ClN4O/c1-24-8-7-22-19(24)18-16(5-3-9-25-18)23-12-14-11-15(20)10-13-4-2-6-21-17(13)14/h2,4,6-8,10-11,16,18,23H,3,5,9,12H2,1H3/t16-,18-/m0/s1. The zero-order valence-electron chi connectivity index (χ0n) is 14.2. The largest absolute Gasteiger partial charge is 0.369 e. The van der Waals surface area contributed by atoms with E-state index in [2.05, 4.69) is 15.3 Å². The molecule has 5 nitrogen and oxygen atoms in total. The lowest BCUT2D eigenvalue weighted by Crippen LogP contribution is -2.40. The summed E-state index contributed by atoms with van der Waals surface area (Å²) in [4.78, 5) is 9.00. The lowest BCUT2D eigenvalue weighted by atomic mass is 10.0. The van der Waals surface area contributed by atoms with Crippen LogP contribution in [0.2, 0.25) is 5.02 Å². The van der Waals surface area contributed by atoms with Crippen LogP contribution < -0.4 is 5.32 Å². The van der Waals surface area contributed by atoms with Crippen molar-refractivity contribution in [3.05, 3.63) is 59.3 Å². The van der Waals surface area contributed by atoms with E-state index in [1.807, 2.05) is 54.5 Å². The van der Waals surface area contributed by atoms with E-state index in [0.717, 1.165) is 46.8 Å². The molecule has 4 rings (SSSR count). The molecule has 0 aliphatic carbocycles. The summed E-state index contributed by atoms with van der Waals surface area (Å²) >= 11 is 6.28. The lowest BCUT2D eigenvalue weighted by Gasteiger charge is -2.32. The van der Waals surface area contributed by atoms with Gasteiger partial charge in [-0.2, -0.15) is 0 Å². The van der Waals surface area contributed by atoms with E-state index in [-0.39, 0.29) is 12.1 Å². The molecule has 6 heteroatoms. The number of ether oxygens (including phenoxy) is 1. The molecular weight excluding hydrogens is 336 g/mol. The molecule has 0 radical (unpaired) electrons. The number of imidazole rings is 1. The van der Waals surface area contributed by atoms with Crippen LogP contribution >= 0.6 is 11.6 Å². The average molecular weight is 357 g/mol. The van der Waals surface area contributed by atoms with Crippen molar-refractivity contribution in [3.8, 4) is 0 Å². The summed E-state index contributed by atoms with van der Waals surface area (Å²) in [6.45, 7) is 1.47. The lowest BCUT2D eigenvalue weighted by molar-refractivity contribution is -0.0178. The molecule has 25 heavy (non-hydrogen) atoms. The highest BCUT2D eigenvalue weighted by Crippen LogP contribution is 2.28. The van der Waals surface area contributed by atoms with Gasteiger partial charge >= 0.3 is 0 Å². The second kappa shape index (κ2) is 7.12. The summed E-state index contributed by atoms with van der Waals surface area (Å²) in [5.74, 6) is 0.964. The molecular formula is C19H21ClN4O. The summed E-state index contributed by atoms with van der Waals surface area (Å²) in [6.07, 6.45) is 7.67. The SMILES string of the molecule is Cn1ccnc1[C@H]1OCCC[C@@H]1NCc1cc(Cl)cc2cccnc12. The third-order valence-corrected chi connectivity index (χ3v) is 4.96. The number of rotatable bonds is 4. The summed E-state index contributed by atoms with van der Waals surface area (Å²) in [7, 11) is 2.01. The number of benzene rings is 1. The summed E-state index contributed by atoms with van der Waals surface area (Å²) in [5.41, 5.74) is 2.09. The molecule has 0 saturated carbocycles. The molecule has 130 valence electrons. The molecule has 2 aromatic heterocycles. The number of pyridine rings is 1. The second-order valence-corrected chi connectivity index (χ2v) is 6.89. The minimum atomic E-state index is -0.0350. The van der Waals surface area contributed by atoms with Crippen molar-refractivity contribution in [2.75, 3.05) is 6.61 Å². The van der Waals surface area contributed by atoms with Crippen LogP contribution in [0.1, 0.15) is 30.3 Å². The number of hydrogen-bond acceptors (Lipinski definition) is 4. The number of fused-ring (bicyclic) bond motifs is 1. The van der Waals surface area contributed by atoms with Gasteiger partial charge in [-0.25, -0.2) is 4.98 Å². The van der Waals surface area contributed by atoms with Gasteiger partial charge in [0, 0.05) is 55.2 Å². The maximum absolute atomic E-state index is 6.28. The highest BCUT2D eigenvalue weighted by Gasteiger charge is 2.30. The van der Waals surface area contributed by atoms with Crippen molar-refractivity contribution < 1.29 is 4.74 Å². The monoisotopic (exact) mass is 356 g/mol. The Balaban J connectivity index is 1.57. The minimum absolute atomic E-state index is 0.0350. The van der Waals surface area contributed by atoms with Crippen LogP contribution in [0.25, 0.3) is 10.9 Å². The van der Waals surface area contributed by atoms with E-state index < -0.39 is 0 Å². The Hall–Kier alpha value is -1.95. The Morgan fingerprint density at radius 3 is 3.08 bits per heavy atom. The van der Waals surface area contributed by atoms with Gasteiger partial charge in [0.2, 0.25) is 0 Å². The molecule has 0 unspecified atom stereocenters. The number of halogens is 1. The molecule has 3 aromatic rings. The fourth-order valence-electron chi connectivity index (χ4n) is 3.50. The Morgan fingerprint density at radius 1 is 1.32 bits per heavy atom. The fourth-order valence-corrected chi connectivity index (χ4v) is 3.75. The van der Waals surface area contributed by atoms with Gasteiger partial charge in [-0.05, 0) is 36.6 Å². The number of nitrogens with one attached hydrogen (secondary N) is 1. The first-order chi connectivity index (χ1) is 12.2. The van der Waals surface area contributed by atoms with Crippen LogP contribution in [0.5, 0.6) is 0 Å². The van der Waals surface area contributed by atoms with Crippen LogP contribution in [0, 0.1) is 0 Å². The number of aryl methyl sites for hydroxylation is 1. The van der Waals surface area contributed by atoms with E-state index in [9.17, 15) is 0 Å². The fraction of sp³-hybridized carbons (Fsp3) is 0.368. The summed E-state index contributed by atoms with van der Waals surface area (Å²) in [6, 6.07) is 8.13. The van der Waals surface area contributed by atoms with E-state index in [0.29, 0.717) is 6.54 Å². The van der Waals surface area contributed by atoms with Crippen LogP contribution in [0.4, 0.5) is 0 Å². The Labute approximate surface area is 152 Å². The van der Waals surface area contributed by atoms with Crippen LogP contribution in [0.15, 0.2) is 42.9 Å². The Bertz CT molecular complexity index is 879. The summed E-state index contributed by atoms with van der Waals surface area (Å²) < 4.78 is 8.06. The molecule has 1 saturated heterocycles. The Morgan fingerprint density at radius 2 is 2.24 bits per heavy atom. The quantitative estimate of drug-likeness (QED) is 0.775. The van der Waals surface area contributed by atoms with Gasteiger partial charge < -0.3 is 14.6 Å². The predicted molar refractivity (Wildman–Crippen MR) is 98.5 cm³/mol. The maximum atomic E-state index is 6.28. The van der Waals surface area contributed by atoms with Gasteiger partial charge in [0.15, 0.2) is 0 Å². The molecule has 1 aliphatic heterocycles. The van der Waals surface area contributed by atoms with Gasteiger partial charge in [-0.1, -0.05) is 17.7 Å². The number of nitrogens with zero attached hydrogens (tertiary/aromatic N) is 3. The molecule has 1 N–H and O–H groups in total. The zero-order chi connectivity index (χ0) is 17.2. The highest BCUT2D eigenvalue weighted by molar-refractivity contribution is 6.31. The van der Waals surface area contributed by atoms with Crippen LogP contribution in [-0.2, 0) is 18.3 Å². The Kier molecular flexibility index (Phi) is 4.70. The van der Waals surface area contributed by atoms with Crippen molar-refractivity contribution in [3.63, 3.8) is 0 Å². The van der Waals surface area contributed by atoms with Crippen LogP contribution in [0.3, 0.4) is 0 Å². The van der Waals surface area contributed by atoms with E-state index in [4.69, 9.17) is 16.3 Å². The third kappa shape index (κ3) is 3.40. The maximum Gasteiger partial charge on any atom is 0.139 e. The number of aromatic nitrogens is 3. The second-order valence-electron chi connectivity index (χ2n) is 6.46. The molecule has 0 spiro atoms. The predicted octanol–water partition coefficient (Wildman–Crippen LogP) is 3.63. The van der Waals surface area contributed by atoms with E-state index in [1.54, 1.807) is 0 Å². The van der Waals surface area contributed by atoms with Gasteiger partial charge in [-0.3, -0.25) is 4.98 Å². The van der Waals surface area contributed by atoms with Crippen molar-refractivity contribution in [1.82, 2.24) is 19.9 Å². The molecule has 3 heterocycles. The van der Waals surface area contributed by atoms with E-state index >= 15 is 0 Å². The average Bonchev–Trinajstić information content (AvgIpc) is 3.05. The van der Waals surface area contributed by atoms with Gasteiger partial charge in [0.1, 0.15) is 11.9 Å². The molecule has 0 bridgehead atoms. The van der Waals surface area contributed by atoms with Crippen molar-refractivity contribution in [1.29, 1.82) is 0 Å². The van der Waals surface area contributed by atoms with Crippen LogP contribution in [-0.4, -0.2) is 27.2 Å². The number of hydrogen-bond donors (Lipinski definition) is 1. The normalized spacial score (nSPS) is 20.9. The molecule has 0 amide bonds. The third-order valence-electron chi connectivity index (χ3n) is 4.74. The first kappa shape index (κ1) is 16.5. The summed E-state index contributed by atoms with van der Waals surface area (Å²) in [5, 5.41) is 5.44. The zero-order valence-corrected chi connectivity index (χ0v) is 14.9. The van der Waals surface area contributed by atoms with Crippen molar-refractivity contribution in [2.45, 2.75) is 31.5 Å². The highest BCUT2D eigenvalue weighted by atomic mass is 35.5. The first-order valence-electron chi connectivity index (χ1n) is 8.58. The first-order valence-corrected chi connectivity index (χ1v) is 8.95. The molecule has 2 atom stereocenters. The van der Waals surface area contributed by atoms with Gasteiger partial charge in [0.05, 0.1) is 5.52 Å². The van der Waals surface area contributed by atoms with E-state index in [1.165, 1.54) is 0 Å². The smallest absolute Gasteiger partial charge is 0.139 e. The van der Waals surface area contributed by atoms with Crippen molar-refractivity contribution in [2.24, 2.45) is 7.05 Å². The minimum Gasteiger partial charge on any atom is -0.369 e. The molecule has 1 fully saturated rings. The van der Waals surface area contributed by atoms with Gasteiger partial charge in [0.25, 0.3) is 0 Å². The molecule has 1 aliphatic rings. The molecule has 1 aromatic carbocycles. The van der Waals surface area contributed by atoms with Gasteiger partial charge in [-0.15, -0.1) is 0 Å². The topological polar surface area (TPSA) is 52.0 Å².